The molecule has 0 aliphatic carbocycles. The number of nitrogens with two attached hydrogens (primary N) is 3. The van der Waals surface area contributed by atoms with Gasteiger partial charge in [-0.25, -0.2) is 15.4 Å². The third kappa shape index (κ3) is 4.82. The van der Waals surface area contributed by atoms with Crippen LogP contribution in [0.5, 0.6) is 0 Å². The van der Waals surface area contributed by atoms with Crippen LogP contribution in [0.4, 0.5) is 0 Å². The number of aliphatic imine (C=N–C) groups is 2. The van der Waals surface area contributed by atoms with Crippen LogP contribution >= 0.6 is 11.8 Å². The first kappa shape index (κ1) is 19.3. The molecule has 9 N–H and O–H groups in total. The lowest BCUT2D eigenvalue weighted by Crippen LogP contribution is -2.73. The van der Waals surface area contributed by atoms with Crippen molar-refractivity contribution in [2.24, 2.45) is 15.7 Å². The maximum Gasteiger partial charge on any atom is 0.262 e. The third-order valence-corrected chi connectivity index (χ3v) is 5.12. The molecule has 0 amide bonds. The van der Waals surface area contributed by atoms with E-state index in [1.807, 2.05) is 30.7 Å². The molecule has 0 saturated heterocycles. The van der Waals surface area contributed by atoms with Crippen molar-refractivity contribution in [3.05, 3.63) is 47.1 Å². The van der Waals surface area contributed by atoms with Gasteiger partial charge in [-0.15, -0.1) is 0 Å². The zero-order valence-corrected chi connectivity index (χ0v) is 16.1. The molecule has 0 bridgehead atoms. The van der Waals surface area contributed by atoms with E-state index in [-0.39, 0.29) is 6.04 Å². The zero-order valence-electron chi connectivity index (χ0n) is 15.3. The number of rotatable bonds is 5. The molecule has 0 fully saturated rings. The molecule has 1 unspecified atom stereocenters. The summed E-state index contributed by atoms with van der Waals surface area (Å²) in [4.78, 5) is 9.06. The zero-order chi connectivity index (χ0) is 19.2. The molecule has 0 aromatic rings. The van der Waals surface area contributed by atoms with E-state index in [2.05, 4.69) is 26.7 Å². The molecule has 142 valence electrons. The van der Waals surface area contributed by atoms with Crippen molar-refractivity contribution in [2.45, 2.75) is 18.9 Å². The van der Waals surface area contributed by atoms with Crippen molar-refractivity contribution < 1.29 is 10.7 Å². The fourth-order valence-corrected chi connectivity index (χ4v) is 3.68. The summed E-state index contributed by atoms with van der Waals surface area (Å²) in [6, 6.07) is 0.170. The van der Waals surface area contributed by atoms with Gasteiger partial charge in [0, 0.05) is 36.6 Å². The van der Waals surface area contributed by atoms with Gasteiger partial charge in [-0.3, -0.25) is 0 Å². The Kier molecular flexibility index (Phi) is 6.38. The van der Waals surface area contributed by atoms with Gasteiger partial charge in [-0.1, -0.05) is 6.08 Å². The van der Waals surface area contributed by atoms with Crippen LogP contribution in [0.15, 0.2) is 57.1 Å². The van der Waals surface area contributed by atoms with Crippen molar-refractivity contribution in [3.8, 4) is 0 Å². The molecule has 3 aliphatic rings. The Morgan fingerprint density at radius 1 is 1.52 bits per heavy atom. The maximum atomic E-state index is 7.60. The topological polar surface area (TPSA) is 141 Å². The van der Waals surface area contributed by atoms with Crippen LogP contribution in [0.1, 0.15) is 12.8 Å². The van der Waals surface area contributed by atoms with Crippen LogP contribution in [0, 0.1) is 5.41 Å². The quantitative estimate of drug-likeness (QED) is 0.249. The summed E-state index contributed by atoms with van der Waals surface area (Å²) in [6.45, 7) is 1.62. The Bertz CT molecular complexity index is 815. The molecule has 3 aliphatic heterocycles. The second-order valence-electron chi connectivity index (χ2n) is 6.29. The minimum absolute atomic E-state index is 0.170. The maximum absolute atomic E-state index is 7.60. The smallest absolute Gasteiger partial charge is 0.262 e. The summed E-state index contributed by atoms with van der Waals surface area (Å²) in [7, 11) is 1.94. The van der Waals surface area contributed by atoms with Gasteiger partial charge in [0.25, 0.3) is 5.04 Å². The molecule has 1 atom stereocenters. The molecule has 0 spiro atoms. The standard InChI is InChI=1S/C18H24N8S/c1-22-9-12(8-19)11-7-15-13(24-10-11)4-5-16(25-15)26-18(21)27-17(20)14-3-2-6-23-14/h3,5,7-9,13,19-20,22-24H,2,4,6,10H2,1H3,(H2,21,26)/p+2/b12-9+,19-8?,20-17?. The Morgan fingerprint density at radius 3 is 3.07 bits per heavy atom. The SMILES string of the molecule is C[NH2+]/C=C(\C=N)C1=CC2=NC(/N=C(/N)SC(=[NH2+])C3=CCCN3)=CCC2NC1. The highest BCUT2D eigenvalue weighted by atomic mass is 32.2. The Hall–Kier alpha value is -2.49. The van der Waals surface area contributed by atoms with Crippen LogP contribution < -0.4 is 27.1 Å². The lowest BCUT2D eigenvalue weighted by molar-refractivity contribution is -0.556. The van der Waals surface area contributed by atoms with Crippen LogP contribution in [0.2, 0.25) is 0 Å². The van der Waals surface area contributed by atoms with E-state index in [0.29, 0.717) is 16.0 Å². The number of nitrogens with zero attached hydrogens (tertiary/aromatic N) is 2. The third-order valence-electron chi connectivity index (χ3n) is 4.38. The van der Waals surface area contributed by atoms with Crippen LogP contribution in [0.25, 0.3) is 0 Å². The highest BCUT2D eigenvalue weighted by molar-refractivity contribution is 8.26. The first-order chi connectivity index (χ1) is 13.1. The molecule has 8 nitrogen and oxygen atoms in total. The first-order valence-corrected chi connectivity index (χ1v) is 9.74. The second-order valence-corrected chi connectivity index (χ2v) is 7.35. The molecule has 3 rings (SSSR count). The molecule has 0 aromatic heterocycles. The van der Waals surface area contributed by atoms with Gasteiger partial charge in [-0.05, 0) is 30.6 Å². The lowest BCUT2D eigenvalue weighted by atomic mass is 9.95. The van der Waals surface area contributed by atoms with Crippen molar-refractivity contribution in [1.29, 1.82) is 5.41 Å². The first-order valence-electron chi connectivity index (χ1n) is 8.92. The van der Waals surface area contributed by atoms with E-state index >= 15 is 0 Å². The van der Waals surface area contributed by atoms with Gasteiger partial charge in [-0.2, -0.15) is 0 Å². The van der Waals surface area contributed by atoms with Crippen molar-refractivity contribution in [1.82, 2.24) is 10.6 Å². The van der Waals surface area contributed by atoms with Gasteiger partial charge < -0.3 is 27.1 Å². The molecule has 9 heteroatoms. The Labute approximate surface area is 162 Å². The fraction of sp³-hybridized carbons (Fsp3) is 0.333. The average molecular weight is 387 g/mol. The van der Waals surface area contributed by atoms with Gasteiger partial charge in [0.05, 0.1) is 18.8 Å². The minimum atomic E-state index is 0.170. The largest absolute Gasteiger partial charge is 0.379 e. The number of quaternary nitrogens is 1. The van der Waals surface area contributed by atoms with E-state index < -0.39 is 0 Å². The van der Waals surface area contributed by atoms with E-state index in [1.54, 1.807) is 0 Å². The Morgan fingerprint density at radius 2 is 2.37 bits per heavy atom. The van der Waals surface area contributed by atoms with E-state index in [0.717, 1.165) is 48.5 Å². The normalized spacial score (nSPS) is 22.8. The number of amidine groups is 1. The van der Waals surface area contributed by atoms with Gasteiger partial charge in [0.2, 0.25) is 0 Å². The number of hydrogen-bond donors (Lipinski definition) is 6. The fourth-order valence-electron chi connectivity index (χ4n) is 3.05. The summed E-state index contributed by atoms with van der Waals surface area (Å²) < 4.78 is 0. The number of fused-ring (bicyclic) bond motifs is 1. The van der Waals surface area contributed by atoms with Gasteiger partial charge >= 0.3 is 0 Å². The van der Waals surface area contributed by atoms with Crippen molar-refractivity contribution in [3.63, 3.8) is 0 Å². The van der Waals surface area contributed by atoms with Gasteiger partial charge in [0.15, 0.2) is 11.0 Å². The number of thioether (sulfide) groups is 1. The molecular formula is C18H26N8S+2. The minimum Gasteiger partial charge on any atom is -0.379 e. The molecule has 0 radical (unpaired) electrons. The summed E-state index contributed by atoms with van der Waals surface area (Å²) in [5.41, 5.74) is 9.80. The van der Waals surface area contributed by atoms with E-state index in [4.69, 9.17) is 16.6 Å². The van der Waals surface area contributed by atoms with Gasteiger partial charge in [0.1, 0.15) is 11.9 Å². The summed E-state index contributed by atoms with van der Waals surface area (Å²) in [5, 5.41) is 23.3. The van der Waals surface area contributed by atoms with Crippen molar-refractivity contribution >= 4 is 33.9 Å². The molecule has 3 heterocycles. The van der Waals surface area contributed by atoms with Crippen LogP contribution in [-0.4, -0.2) is 48.3 Å². The highest BCUT2D eigenvalue weighted by Gasteiger charge is 2.24. The summed E-state index contributed by atoms with van der Waals surface area (Å²) >= 11 is 1.24. The van der Waals surface area contributed by atoms with Crippen molar-refractivity contribution in [2.75, 3.05) is 20.1 Å². The number of hydrogen-bond acceptors (Lipinski definition) is 6. The van der Waals surface area contributed by atoms with Crippen LogP contribution in [-0.2, 0) is 0 Å². The van der Waals surface area contributed by atoms with Crippen LogP contribution in [0.3, 0.4) is 0 Å². The average Bonchev–Trinajstić information content (AvgIpc) is 3.20. The summed E-state index contributed by atoms with van der Waals surface area (Å²) in [5.74, 6) is 0.592. The second kappa shape index (κ2) is 8.94. The summed E-state index contributed by atoms with van der Waals surface area (Å²) in [6.07, 6.45) is 11.1. The van der Waals surface area contributed by atoms with E-state index in [9.17, 15) is 0 Å². The molecule has 27 heavy (non-hydrogen) atoms. The lowest BCUT2D eigenvalue weighted by Gasteiger charge is -2.27. The molecular weight excluding hydrogens is 360 g/mol. The number of nitrogens with one attached hydrogen (secondary N) is 3. The molecule has 0 aromatic carbocycles. The molecule has 0 saturated carbocycles. The Balaban J connectivity index is 1.73. The predicted molar refractivity (Wildman–Crippen MR) is 112 cm³/mol. The highest BCUT2D eigenvalue weighted by Crippen LogP contribution is 2.21. The monoisotopic (exact) mass is 386 g/mol. The van der Waals surface area contributed by atoms with E-state index in [1.165, 1.54) is 18.0 Å². The predicted octanol–water partition coefficient (Wildman–Crippen LogP) is -1.62.